The summed E-state index contributed by atoms with van der Waals surface area (Å²) in [6, 6.07) is 5.72. The number of nitrogens with one attached hydrogen (secondary N) is 1. The molecule has 1 fully saturated rings. The van der Waals surface area contributed by atoms with Crippen molar-refractivity contribution < 1.29 is 9.32 Å². The fourth-order valence-electron chi connectivity index (χ4n) is 2.64. The Morgan fingerprint density at radius 3 is 2.96 bits per heavy atom. The molecule has 0 spiro atoms. The molecule has 0 aromatic carbocycles. The highest BCUT2D eigenvalue weighted by Crippen LogP contribution is 2.37. The van der Waals surface area contributed by atoms with E-state index in [9.17, 15) is 9.59 Å². The highest BCUT2D eigenvalue weighted by Gasteiger charge is 2.30. The predicted octanol–water partition coefficient (Wildman–Crippen LogP) is 1.83. The maximum absolute atomic E-state index is 12.6. The van der Waals surface area contributed by atoms with Gasteiger partial charge in [-0.3, -0.25) is 9.36 Å². The van der Waals surface area contributed by atoms with Gasteiger partial charge in [-0.2, -0.15) is 0 Å². The van der Waals surface area contributed by atoms with Gasteiger partial charge < -0.3 is 9.84 Å². The van der Waals surface area contributed by atoms with E-state index < -0.39 is 0 Å². The van der Waals surface area contributed by atoms with Crippen LogP contribution in [0.3, 0.4) is 0 Å². The number of rotatable bonds is 6. The summed E-state index contributed by atoms with van der Waals surface area (Å²) in [7, 11) is 0. The quantitative estimate of drug-likeness (QED) is 0.724. The fourth-order valence-corrected chi connectivity index (χ4v) is 3.35. The van der Waals surface area contributed by atoms with Crippen molar-refractivity contribution >= 4 is 17.2 Å². The Balaban J connectivity index is 1.48. The van der Waals surface area contributed by atoms with Crippen LogP contribution in [0.5, 0.6) is 0 Å². The van der Waals surface area contributed by atoms with Gasteiger partial charge in [0.2, 0.25) is 0 Å². The Kier molecular flexibility index (Phi) is 4.00. The third-order valence-electron chi connectivity index (χ3n) is 3.99. The van der Waals surface area contributed by atoms with E-state index in [-0.39, 0.29) is 29.9 Å². The summed E-state index contributed by atoms with van der Waals surface area (Å²) < 4.78 is 8.07. The molecule has 0 radical (unpaired) electrons. The molecular formula is C16H17N5O3S. The predicted molar refractivity (Wildman–Crippen MR) is 91.6 cm³/mol. The average Bonchev–Trinajstić information content (AvgIpc) is 3.00. The minimum absolute atomic E-state index is 0.127. The summed E-state index contributed by atoms with van der Waals surface area (Å²) in [6.07, 6.45) is 2.01. The summed E-state index contributed by atoms with van der Waals surface area (Å²) in [5, 5.41) is 12.8. The van der Waals surface area contributed by atoms with Crippen LogP contribution in [0.2, 0.25) is 0 Å². The second kappa shape index (κ2) is 6.32. The van der Waals surface area contributed by atoms with Crippen LogP contribution in [0.1, 0.15) is 35.1 Å². The molecule has 0 saturated heterocycles. The summed E-state index contributed by atoms with van der Waals surface area (Å²) in [6.45, 7) is 2.32. The van der Waals surface area contributed by atoms with Crippen LogP contribution in [0.4, 0.5) is 0 Å². The van der Waals surface area contributed by atoms with Crippen LogP contribution in [0.25, 0.3) is 10.7 Å². The molecule has 1 aliphatic rings. The van der Waals surface area contributed by atoms with Crippen molar-refractivity contribution in [2.45, 2.75) is 32.4 Å². The Bertz CT molecular complexity index is 949. The van der Waals surface area contributed by atoms with Crippen molar-refractivity contribution in [1.29, 1.82) is 0 Å². The number of nitrogens with zero attached hydrogens (tertiary/aromatic N) is 4. The topological polar surface area (TPSA) is 95.0 Å². The molecule has 130 valence electrons. The lowest BCUT2D eigenvalue weighted by atomic mass is 10.3. The summed E-state index contributed by atoms with van der Waals surface area (Å²) >= 11 is 1.56. The number of aryl methyl sites for hydroxylation is 1. The van der Waals surface area contributed by atoms with Gasteiger partial charge in [0.1, 0.15) is 5.76 Å². The van der Waals surface area contributed by atoms with Crippen molar-refractivity contribution in [2.24, 2.45) is 0 Å². The average molecular weight is 359 g/mol. The summed E-state index contributed by atoms with van der Waals surface area (Å²) in [4.78, 5) is 25.6. The molecule has 1 saturated carbocycles. The maximum Gasteiger partial charge on any atom is 0.346 e. The highest BCUT2D eigenvalue weighted by molar-refractivity contribution is 7.13. The number of carbonyl (C=O) groups excluding carboxylic acids is 1. The first-order valence-electron chi connectivity index (χ1n) is 8.08. The monoisotopic (exact) mass is 359 g/mol. The van der Waals surface area contributed by atoms with Gasteiger partial charge in [-0.1, -0.05) is 11.2 Å². The first kappa shape index (κ1) is 15.8. The standard InChI is InChI=1S/C16H17N5O3S/c1-10-9-12(19-24-10)15(22)17-6-7-20-16(23)21(11-4-5-11)14(18-20)13-3-2-8-25-13/h2-3,8-9,11H,4-7H2,1H3,(H,17,22). The molecule has 3 heterocycles. The molecule has 1 aliphatic carbocycles. The van der Waals surface area contributed by atoms with Crippen LogP contribution < -0.4 is 11.0 Å². The minimum atomic E-state index is -0.329. The van der Waals surface area contributed by atoms with Gasteiger partial charge in [-0.05, 0) is 31.2 Å². The zero-order valence-electron chi connectivity index (χ0n) is 13.6. The third-order valence-corrected chi connectivity index (χ3v) is 4.86. The molecular weight excluding hydrogens is 342 g/mol. The van der Waals surface area contributed by atoms with Gasteiger partial charge >= 0.3 is 5.69 Å². The van der Waals surface area contributed by atoms with E-state index in [1.54, 1.807) is 28.9 Å². The summed E-state index contributed by atoms with van der Waals surface area (Å²) in [5.74, 6) is 0.955. The van der Waals surface area contributed by atoms with Gasteiger partial charge in [-0.25, -0.2) is 9.48 Å². The SMILES string of the molecule is Cc1cc(C(=O)NCCn2nc(-c3cccs3)n(C3CC3)c2=O)no1. The first-order valence-corrected chi connectivity index (χ1v) is 8.96. The molecule has 0 unspecified atom stereocenters. The number of hydrogen-bond acceptors (Lipinski definition) is 6. The second-order valence-corrected chi connectivity index (χ2v) is 6.93. The molecule has 4 rings (SSSR count). The Morgan fingerprint density at radius 1 is 1.48 bits per heavy atom. The minimum Gasteiger partial charge on any atom is -0.361 e. The van der Waals surface area contributed by atoms with Gasteiger partial charge in [0, 0.05) is 18.7 Å². The number of amides is 1. The third kappa shape index (κ3) is 3.14. The Hall–Kier alpha value is -2.68. The molecule has 25 heavy (non-hydrogen) atoms. The van der Waals surface area contributed by atoms with Crippen molar-refractivity contribution in [3.8, 4) is 10.7 Å². The first-order chi connectivity index (χ1) is 12.1. The van der Waals surface area contributed by atoms with Crippen molar-refractivity contribution in [2.75, 3.05) is 6.54 Å². The molecule has 3 aromatic rings. The largest absolute Gasteiger partial charge is 0.361 e. The molecule has 0 aliphatic heterocycles. The van der Waals surface area contributed by atoms with E-state index in [0.29, 0.717) is 18.1 Å². The highest BCUT2D eigenvalue weighted by atomic mass is 32.1. The second-order valence-electron chi connectivity index (χ2n) is 5.99. The van der Waals surface area contributed by atoms with E-state index in [2.05, 4.69) is 15.6 Å². The molecule has 0 bridgehead atoms. The van der Waals surface area contributed by atoms with Gasteiger partial charge in [-0.15, -0.1) is 16.4 Å². The van der Waals surface area contributed by atoms with Gasteiger partial charge in [0.15, 0.2) is 11.5 Å². The zero-order valence-corrected chi connectivity index (χ0v) is 14.5. The number of hydrogen-bond donors (Lipinski definition) is 1. The maximum atomic E-state index is 12.6. The Labute approximate surface area is 147 Å². The smallest absolute Gasteiger partial charge is 0.346 e. The van der Waals surface area contributed by atoms with Crippen LogP contribution in [-0.2, 0) is 6.54 Å². The molecule has 0 atom stereocenters. The molecule has 8 nitrogen and oxygen atoms in total. The van der Waals surface area contributed by atoms with E-state index >= 15 is 0 Å². The lowest BCUT2D eigenvalue weighted by Gasteiger charge is -2.02. The zero-order chi connectivity index (χ0) is 17.4. The van der Waals surface area contributed by atoms with Crippen LogP contribution in [-0.4, -0.2) is 32.0 Å². The van der Waals surface area contributed by atoms with E-state index in [1.807, 2.05) is 17.5 Å². The normalized spacial score (nSPS) is 14.0. The fraction of sp³-hybridized carbons (Fsp3) is 0.375. The molecule has 3 aromatic heterocycles. The summed E-state index contributed by atoms with van der Waals surface area (Å²) in [5.41, 5.74) is 0.102. The lowest BCUT2D eigenvalue weighted by molar-refractivity contribution is 0.0942. The number of aromatic nitrogens is 4. The van der Waals surface area contributed by atoms with Crippen molar-refractivity contribution in [3.63, 3.8) is 0 Å². The van der Waals surface area contributed by atoms with Crippen LogP contribution in [0, 0.1) is 6.92 Å². The number of carbonyl (C=O) groups is 1. The van der Waals surface area contributed by atoms with Crippen molar-refractivity contribution in [1.82, 2.24) is 24.8 Å². The van der Waals surface area contributed by atoms with E-state index in [0.717, 1.165) is 17.7 Å². The van der Waals surface area contributed by atoms with Gasteiger partial charge in [0.05, 0.1) is 11.4 Å². The van der Waals surface area contributed by atoms with Gasteiger partial charge in [0.25, 0.3) is 5.91 Å². The lowest BCUT2D eigenvalue weighted by Crippen LogP contribution is -2.32. The van der Waals surface area contributed by atoms with Crippen molar-refractivity contribution in [3.05, 3.63) is 45.5 Å². The van der Waals surface area contributed by atoms with E-state index in [4.69, 9.17) is 4.52 Å². The molecule has 1 amide bonds. The Morgan fingerprint density at radius 2 is 2.32 bits per heavy atom. The molecule has 1 N–H and O–H groups in total. The molecule has 9 heteroatoms. The van der Waals surface area contributed by atoms with Crippen LogP contribution >= 0.6 is 11.3 Å². The van der Waals surface area contributed by atoms with E-state index in [1.165, 1.54) is 4.68 Å². The number of thiophene rings is 1. The van der Waals surface area contributed by atoms with Crippen LogP contribution in [0.15, 0.2) is 32.9 Å².